The van der Waals surface area contributed by atoms with E-state index in [1.54, 1.807) is 0 Å². The van der Waals surface area contributed by atoms with E-state index in [1.165, 1.54) is 0 Å². The van der Waals surface area contributed by atoms with Gasteiger partial charge in [-0.15, -0.1) is 0 Å². The van der Waals surface area contributed by atoms with Crippen LogP contribution in [-0.4, -0.2) is 27.4 Å². The number of rotatable bonds is 2. The van der Waals surface area contributed by atoms with Crippen LogP contribution in [0.4, 0.5) is 0 Å². The number of carbonyl (C=O) groups excluding carboxylic acids is 1. The minimum atomic E-state index is -0.497. The lowest BCUT2D eigenvalue weighted by atomic mass is 9.41. The molecule has 0 aromatic rings. The smallest absolute Gasteiger partial charge is 0.147 e. The molecule has 0 aliphatic heterocycles. The molecule has 3 N–H and O–H groups in total. The van der Waals surface area contributed by atoms with Crippen molar-refractivity contribution in [3.8, 4) is 0 Å². The van der Waals surface area contributed by atoms with Gasteiger partial charge in [-0.2, -0.15) is 0 Å². The third-order valence-corrected chi connectivity index (χ3v) is 10.2. The molecule has 0 spiro atoms. The molecule has 0 aromatic carbocycles. The van der Waals surface area contributed by atoms with Crippen LogP contribution < -0.4 is 5.73 Å². The first-order chi connectivity index (χ1) is 12.1. The fourth-order valence-electron chi connectivity index (χ4n) is 8.27. The molecule has 0 heterocycles. The van der Waals surface area contributed by atoms with Gasteiger partial charge in [0.15, 0.2) is 0 Å². The normalized spacial score (nSPS) is 56.4. The molecule has 26 heavy (non-hydrogen) atoms. The molecular formula is C22H36BrNO2. The summed E-state index contributed by atoms with van der Waals surface area (Å²) in [6, 6.07) is 0. The van der Waals surface area contributed by atoms with Gasteiger partial charge in [0.1, 0.15) is 5.78 Å². The van der Waals surface area contributed by atoms with Crippen molar-refractivity contribution in [2.45, 2.75) is 89.7 Å². The van der Waals surface area contributed by atoms with Gasteiger partial charge in [-0.05, 0) is 93.3 Å². The fraction of sp³-hybridized carbons (Fsp3) is 0.955. The van der Waals surface area contributed by atoms with E-state index in [1.807, 2.05) is 6.92 Å². The number of ketones is 1. The average molecular weight is 426 g/mol. The van der Waals surface area contributed by atoms with Crippen molar-refractivity contribution in [3.63, 3.8) is 0 Å². The quantitative estimate of drug-likeness (QED) is 0.642. The van der Waals surface area contributed by atoms with Gasteiger partial charge in [-0.1, -0.05) is 29.8 Å². The van der Waals surface area contributed by atoms with Crippen LogP contribution in [0.15, 0.2) is 0 Å². The van der Waals surface area contributed by atoms with E-state index in [4.69, 9.17) is 5.73 Å². The Morgan fingerprint density at radius 3 is 2.38 bits per heavy atom. The lowest BCUT2D eigenvalue weighted by Crippen LogP contribution is -2.68. The predicted molar refractivity (Wildman–Crippen MR) is 108 cm³/mol. The molecule has 0 bridgehead atoms. The molecule has 3 unspecified atom stereocenters. The Balaban J connectivity index is 1.66. The molecule has 148 valence electrons. The Morgan fingerprint density at radius 2 is 1.69 bits per heavy atom. The third kappa shape index (κ3) is 2.54. The number of halogens is 1. The molecule has 0 aromatic heterocycles. The minimum Gasteiger partial charge on any atom is -0.390 e. The highest BCUT2D eigenvalue weighted by atomic mass is 79.9. The molecular weight excluding hydrogens is 390 g/mol. The summed E-state index contributed by atoms with van der Waals surface area (Å²) in [4.78, 5) is 12.6. The SMILES string of the molecule is C[C@@]1(O)CC[C@]2(C)C3CC[C@@]4(C)C(CC[C@@H]4C(=O)CBr)C3(N)CC[C@@H]2C1. The Bertz CT molecular complexity index is 607. The molecule has 4 rings (SSSR count). The van der Waals surface area contributed by atoms with E-state index in [-0.39, 0.29) is 22.3 Å². The molecule has 4 heteroatoms. The molecule has 4 fully saturated rings. The molecule has 4 saturated carbocycles. The predicted octanol–water partition coefficient (Wildman–Crippen LogP) is 4.44. The van der Waals surface area contributed by atoms with Crippen LogP contribution in [0.2, 0.25) is 0 Å². The summed E-state index contributed by atoms with van der Waals surface area (Å²) in [5.74, 6) is 2.18. The lowest BCUT2D eigenvalue weighted by Gasteiger charge is -2.66. The van der Waals surface area contributed by atoms with E-state index in [0.29, 0.717) is 28.9 Å². The van der Waals surface area contributed by atoms with Crippen molar-refractivity contribution in [1.29, 1.82) is 0 Å². The molecule has 0 radical (unpaired) electrons. The first kappa shape index (κ1) is 19.4. The van der Waals surface area contributed by atoms with Gasteiger partial charge in [0.25, 0.3) is 0 Å². The lowest BCUT2D eigenvalue weighted by molar-refractivity contribution is -0.158. The third-order valence-electron chi connectivity index (χ3n) is 9.67. The van der Waals surface area contributed by atoms with Gasteiger partial charge in [-0.25, -0.2) is 0 Å². The van der Waals surface area contributed by atoms with E-state index in [9.17, 15) is 9.90 Å². The van der Waals surface area contributed by atoms with Crippen LogP contribution >= 0.6 is 15.9 Å². The summed E-state index contributed by atoms with van der Waals surface area (Å²) in [7, 11) is 0. The maximum atomic E-state index is 12.6. The zero-order valence-electron chi connectivity index (χ0n) is 16.7. The van der Waals surface area contributed by atoms with E-state index < -0.39 is 5.60 Å². The van der Waals surface area contributed by atoms with Gasteiger partial charge in [0, 0.05) is 11.5 Å². The van der Waals surface area contributed by atoms with E-state index >= 15 is 0 Å². The van der Waals surface area contributed by atoms with Crippen molar-refractivity contribution in [2.75, 3.05) is 5.33 Å². The largest absolute Gasteiger partial charge is 0.390 e. The summed E-state index contributed by atoms with van der Waals surface area (Å²) in [6.45, 7) is 6.85. The maximum absolute atomic E-state index is 12.6. The molecule has 4 aliphatic rings. The summed E-state index contributed by atoms with van der Waals surface area (Å²) >= 11 is 3.41. The molecule has 3 nitrogen and oxygen atoms in total. The van der Waals surface area contributed by atoms with Crippen LogP contribution in [0, 0.1) is 34.5 Å². The second kappa shape index (κ2) is 6.03. The van der Waals surface area contributed by atoms with E-state index in [2.05, 4.69) is 29.8 Å². The van der Waals surface area contributed by atoms with Gasteiger partial charge in [0.2, 0.25) is 0 Å². The molecule has 8 atom stereocenters. The zero-order chi connectivity index (χ0) is 19.0. The number of hydrogen-bond acceptors (Lipinski definition) is 3. The van der Waals surface area contributed by atoms with Crippen molar-refractivity contribution in [2.24, 2.45) is 40.2 Å². The van der Waals surface area contributed by atoms with Crippen molar-refractivity contribution >= 4 is 21.7 Å². The summed E-state index contributed by atoms with van der Waals surface area (Å²) in [5, 5.41) is 11.1. The maximum Gasteiger partial charge on any atom is 0.147 e. The second-order valence-electron chi connectivity index (χ2n) is 10.9. The Morgan fingerprint density at radius 1 is 1.00 bits per heavy atom. The Kier molecular flexibility index (Phi) is 4.50. The molecule has 0 saturated heterocycles. The van der Waals surface area contributed by atoms with Crippen molar-refractivity contribution in [3.05, 3.63) is 0 Å². The zero-order valence-corrected chi connectivity index (χ0v) is 18.3. The van der Waals surface area contributed by atoms with Crippen LogP contribution in [-0.2, 0) is 4.79 Å². The van der Waals surface area contributed by atoms with Crippen LogP contribution in [0.1, 0.15) is 78.6 Å². The number of fused-ring (bicyclic) bond motifs is 5. The minimum absolute atomic E-state index is 0.0828. The van der Waals surface area contributed by atoms with E-state index in [0.717, 1.165) is 57.8 Å². The van der Waals surface area contributed by atoms with Crippen molar-refractivity contribution in [1.82, 2.24) is 0 Å². The van der Waals surface area contributed by atoms with Gasteiger partial charge < -0.3 is 10.8 Å². The number of carbonyl (C=O) groups is 1. The fourth-order valence-corrected chi connectivity index (χ4v) is 8.66. The van der Waals surface area contributed by atoms with Crippen molar-refractivity contribution < 1.29 is 9.90 Å². The van der Waals surface area contributed by atoms with Gasteiger partial charge in [-0.3, -0.25) is 4.79 Å². The van der Waals surface area contributed by atoms with Crippen LogP contribution in [0.25, 0.3) is 0 Å². The topological polar surface area (TPSA) is 63.3 Å². The molecule has 4 aliphatic carbocycles. The Labute approximate surface area is 167 Å². The number of alkyl halides is 1. The first-order valence-electron chi connectivity index (χ1n) is 10.7. The average Bonchev–Trinajstić information content (AvgIpc) is 2.93. The highest BCUT2D eigenvalue weighted by Gasteiger charge is 2.66. The van der Waals surface area contributed by atoms with Crippen LogP contribution in [0.3, 0.4) is 0 Å². The standard InChI is InChI=1S/C22H36BrNO2/c1-19(26)10-11-20(2)14(12-19)6-9-22(24)17-5-4-15(16(25)13-23)21(17,3)8-7-18(20)22/h14-15,17-18,26H,4-13,24H2,1-3H3/t14-,15-,17?,18?,19-,20+,21-,22?/m1/s1. The number of aliphatic hydroxyl groups is 1. The summed E-state index contributed by atoms with van der Waals surface area (Å²) in [6.07, 6.45) is 9.59. The number of Topliss-reactive ketones (excluding diaryl/α,β-unsaturated/α-hetero) is 1. The monoisotopic (exact) mass is 425 g/mol. The number of nitrogens with two attached hydrogens (primary N) is 1. The summed E-state index contributed by atoms with van der Waals surface area (Å²) in [5.41, 5.74) is 7.03. The van der Waals surface area contributed by atoms with Gasteiger partial charge in [0.05, 0.1) is 10.9 Å². The first-order valence-corrected chi connectivity index (χ1v) is 11.8. The Hall–Kier alpha value is 0.0700. The highest BCUT2D eigenvalue weighted by molar-refractivity contribution is 9.09. The number of hydrogen-bond donors (Lipinski definition) is 2. The second-order valence-corrected chi connectivity index (χ2v) is 11.5. The summed E-state index contributed by atoms with van der Waals surface area (Å²) < 4.78 is 0. The van der Waals surface area contributed by atoms with Crippen LogP contribution in [0.5, 0.6) is 0 Å². The molecule has 0 amide bonds. The van der Waals surface area contributed by atoms with Gasteiger partial charge >= 0.3 is 0 Å². The highest BCUT2D eigenvalue weighted by Crippen LogP contribution is 2.68.